The summed E-state index contributed by atoms with van der Waals surface area (Å²) in [4.78, 5) is 0. The number of nitrogens with one attached hydrogen (secondary N) is 1. The number of likely N-dealkylation sites (N-methyl/N-ethyl adjacent to an activating group) is 1. The predicted octanol–water partition coefficient (Wildman–Crippen LogP) is 4.08. The van der Waals surface area contributed by atoms with Crippen LogP contribution < -0.4 is 5.32 Å². The molecule has 1 saturated carbocycles. The highest BCUT2D eigenvalue weighted by Crippen LogP contribution is 2.34. The SMILES string of the molecule is CCNC(Cc1c(Cl)c(CC)nn1CC)C1CCC(C)C1. The van der Waals surface area contributed by atoms with Gasteiger partial charge in [0.2, 0.25) is 0 Å². The molecule has 0 aliphatic heterocycles. The van der Waals surface area contributed by atoms with E-state index >= 15 is 0 Å². The average Bonchev–Trinajstić information content (AvgIpc) is 3.03. The van der Waals surface area contributed by atoms with Crippen molar-refractivity contribution in [2.45, 2.75) is 72.4 Å². The first kappa shape index (κ1) is 16.8. The minimum Gasteiger partial charge on any atom is -0.314 e. The number of aryl methyl sites for hydroxylation is 2. The molecule has 2 rings (SSSR count). The van der Waals surface area contributed by atoms with Crippen LogP contribution in [0.4, 0.5) is 0 Å². The molecule has 1 fully saturated rings. The fourth-order valence-electron chi connectivity index (χ4n) is 3.70. The number of hydrogen-bond acceptors (Lipinski definition) is 2. The van der Waals surface area contributed by atoms with E-state index in [9.17, 15) is 0 Å². The third-order valence-corrected chi connectivity index (χ3v) is 5.31. The Morgan fingerprint density at radius 2 is 2.10 bits per heavy atom. The minimum absolute atomic E-state index is 0.532. The molecule has 3 unspecified atom stereocenters. The quantitative estimate of drug-likeness (QED) is 0.822. The number of rotatable bonds is 7. The molecule has 21 heavy (non-hydrogen) atoms. The fraction of sp³-hybridized carbons (Fsp3) is 0.824. The first-order valence-electron chi connectivity index (χ1n) is 8.58. The van der Waals surface area contributed by atoms with E-state index in [1.54, 1.807) is 0 Å². The number of nitrogens with zero attached hydrogens (tertiary/aromatic N) is 2. The molecule has 4 heteroatoms. The number of aromatic nitrogens is 2. The van der Waals surface area contributed by atoms with Gasteiger partial charge in [-0.2, -0.15) is 5.10 Å². The average molecular weight is 312 g/mol. The van der Waals surface area contributed by atoms with Crippen LogP contribution in [0.2, 0.25) is 5.02 Å². The van der Waals surface area contributed by atoms with Crippen LogP contribution in [0.3, 0.4) is 0 Å². The Balaban J connectivity index is 2.18. The normalized spacial score (nSPS) is 23.7. The molecule has 1 N–H and O–H groups in total. The maximum Gasteiger partial charge on any atom is 0.0850 e. The van der Waals surface area contributed by atoms with Gasteiger partial charge in [0.15, 0.2) is 0 Å². The standard InChI is InChI=1S/C17H30ClN3/c1-5-14-17(18)16(21(7-3)20-14)11-15(19-6-2)13-9-8-12(4)10-13/h12-13,15,19H,5-11H2,1-4H3. The van der Waals surface area contributed by atoms with Crippen LogP contribution in [-0.4, -0.2) is 22.4 Å². The van der Waals surface area contributed by atoms with E-state index in [1.807, 2.05) is 0 Å². The lowest BCUT2D eigenvalue weighted by Crippen LogP contribution is -2.37. The molecule has 0 aromatic carbocycles. The first-order chi connectivity index (χ1) is 10.1. The second-order valence-electron chi connectivity index (χ2n) is 6.42. The molecule has 3 atom stereocenters. The largest absolute Gasteiger partial charge is 0.314 e. The topological polar surface area (TPSA) is 29.9 Å². The van der Waals surface area contributed by atoms with Crippen molar-refractivity contribution in [3.63, 3.8) is 0 Å². The summed E-state index contributed by atoms with van der Waals surface area (Å²) in [6.45, 7) is 10.8. The van der Waals surface area contributed by atoms with Gasteiger partial charge in [-0.25, -0.2) is 0 Å². The lowest BCUT2D eigenvalue weighted by atomic mass is 9.93. The summed E-state index contributed by atoms with van der Waals surface area (Å²) in [6, 6.07) is 0.532. The predicted molar refractivity (Wildman–Crippen MR) is 90.0 cm³/mol. The van der Waals surface area contributed by atoms with Crippen molar-refractivity contribution < 1.29 is 0 Å². The second-order valence-corrected chi connectivity index (χ2v) is 6.80. The lowest BCUT2D eigenvalue weighted by molar-refractivity contribution is 0.347. The van der Waals surface area contributed by atoms with Gasteiger partial charge in [0, 0.05) is 19.0 Å². The second kappa shape index (κ2) is 7.64. The van der Waals surface area contributed by atoms with E-state index in [0.29, 0.717) is 6.04 Å². The number of hydrogen-bond donors (Lipinski definition) is 1. The molecular weight excluding hydrogens is 282 g/mol. The molecule has 0 spiro atoms. The highest BCUT2D eigenvalue weighted by molar-refractivity contribution is 6.31. The van der Waals surface area contributed by atoms with Gasteiger partial charge in [-0.3, -0.25) is 4.68 Å². The van der Waals surface area contributed by atoms with Crippen molar-refractivity contribution in [1.82, 2.24) is 15.1 Å². The van der Waals surface area contributed by atoms with Gasteiger partial charge in [-0.1, -0.05) is 38.8 Å². The summed E-state index contributed by atoms with van der Waals surface area (Å²) < 4.78 is 2.10. The molecule has 1 heterocycles. The molecular formula is C17H30ClN3. The molecule has 1 aromatic rings. The van der Waals surface area contributed by atoms with Crippen LogP contribution in [0.15, 0.2) is 0 Å². The molecule has 120 valence electrons. The van der Waals surface area contributed by atoms with Gasteiger partial charge in [0.1, 0.15) is 0 Å². The van der Waals surface area contributed by atoms with E-state index < -0.39 is 0 Å². The Bertz CT molecular complexity index is 455. The van der Waals surface area contributed by atoms with Gasteiger partial charge < -0.3 is 5.32 Å². The summed E-state index contributed by atoms with van der Waals surface area (Å²) in [6.07, 6.45) is 5.97. The fourth-order valence-corrected chi connectivity index (χ4v) is 4.05. The smallest absolute Gasteiger partial charge is 0.0850 e. The van der Waals surface area contributed by atoms with Crippen molar-refractivity contribution in [3.05, 3.63) is 16.4 Å². The molecule has 1 aliphatic rings. The van der Waals surface area contributed by atoms with Crippen molar-refractivity contribution in [2.24, 2.45) is 11.8 Å². The summed E-state index contributed by atoms with van der Waals surface area (Å²) >= 11 is 6.58. The zero-order valence-electron chi connectivity index (χ0n) is 14.0. The third-order valence-electron chi connectivity index (χ3n) is 4.88. The zero-order valence-corrected chi connectivity index (χ0v) is 14.7. The van der Waals surface area contributed by atoms with E-state index in [1.165, 1.54) is 25.0 Å². The molecule has 0 radical (unpaired) electrons. The number of halogens is 1. The van der Waals surface area contributed by atoms with Gasteiger partial charge in [-0.15, -0.1) is 0 Å². The van der Waals surface area contributed by atoms with Crippen LogP contribution in [0.25, 0.3) is 0 Å². The lowest BCUT2D eigenvalue weighted by Gasteiger charge is -2.25. The summed E-state index contributed by atoms with van der Waals surface area (Å²) in [5.41, 5.74) is 2.27. The van der Waals surface area contributed by atoms with Crippen LogP contribution in [0, 0.1) is 11.8 Å². The van der Waals surface area contributed by atoms with E-state index in [0.717, 1.165) is 48.5 Å². The maximum atomic E-state index is 6.58. The first-order valence-corrected chi connectivity index (χ1v) is 8.95. The van der Waals surface area contributed by atoms with Gasteiger partial charge >= 0.3 is 0 Å². The summed E-state index contributed by atoms with van der Waals surface area (Å²) in [7, 11) is 0. The van der Waals surface area contributed by atoms with Crippen molar-refractivity contribution in [3.8, 4) is 0 Å². The van der Waals surface area contributed by atoms with Gasteiger partial charge in [-0.05, 0) is 44.6 Å². The zero-order chi connectivity index (χ0) is 15.4. The monoisotopic (exact) mass is 311 g/mol. The Morgan fingerprint density at radius 1 is 1.33 bits per heavy atom. The Hall–Kier alpha value is -0.540. The van der Waals surface area contributed by atoms with Gasteiger partial charge in [0.05, 0.1) is 16.4 Å². The van der Waals surface area contributed by atoms with Gasteiger partial charge in [0.25, 0.3) is 0 Å². The Labute approximate surface area is 134 Å². The molecule has 0 saturated heterocycles. The molecule has 1 aliphatic carbocycles. The van der Waals surface area contributed by atoms with E-state index in [2.05, 4.69) is 42.8 Å². The molecule has 0 amide bonds. The van der Waals surface area contributed by atoms with Crippen molar-refractivity contribution in [1.29, 1.82) is 0 Å². The van der Waals surface area contributed by atoms with Crippen LogP contribution in [0.5, 0.6) is 0 Å². The van der Waals surface area contributed by atoms with Crippen molar-refractivity contribution in [2.75, 3.05) is 6.54 Å². The highest BCUT2D eigenvalue weighted by Gasteiger charge is 2.30. The molecule has 0 bridgehead atoms. The third kappa shape index (κ3) is 3.81. The van der Waals surface area contributed by atoms with Crippen LogP contribution in [0.1, 0.15) is 58.3 Å². The summed E-state index contributed by atoms with van der Waals surface area (Å²) in [5.74, 6) is 1.65. The maximum absolute atomic E-state index is 6.58. The van der Waals surface area contributed by atoms with E-state index in [4.69, 9.17) is 11.6 Å². The summed E-state index contributed by atoms with van der Waals surface area (Å²) in [5, 5.41) is 9.25. The molecule has 3 nitrogen and oxygen atoms in total. The Morgan fingerprint density at radius 3 is 2.62 bits per heavy atom. The van der Waals surface area contributed by atoms with Crippen LogP contribution in [-0.2, 0) is 19.4 Å². The molecule has 1 aromatic heterocycles. The van der Waals surface area contributed by atoms with E-state index in [-0.39, 0.29) is 0 Å². The van der Waals surface area contributed by atoms with Crippen LogP contribution >= 0.6 is 11.6 Å². The highest BCUT2D eigenvalue weighted by atomic mass is 35.5. The Kier molecular flexibility index (Phi) is 6.12. The van der Waals surface area contributed by atoms with Crippen molar-refractivity contribution >= 4 is 11.6 Å². The minimum atomic E-state index is 0.532.